The van der Waals surface area contributed by atoms with Crippen molar-refractivity contribution in [1.82, 2.24) is 10.6 Å². The summed E-state index contributed by atoms with van der Waals surface area (Å²) in [6.07, 6.45) is 0. The van der Waals surface area contributed by atoms with Gasteiger partial charge in [-0.05, 0) is 51.5 Å². The Kier molecular flexibility index (Phi) is 4.78. The quantitative estimate of drug-likeness (QED) is 0.638. The zero-order chi connectivity index (χ0) is 16.5. The van der Waals surface area contributed by atoms with E-state index in [-0.39, 0.29) is 0 Å². The molecule has 0 fully saturated rings. The van der Waals surface area contributed by atoms with Gasteiger partial charge in [0, 0.05) is 10.7 Å². The zero-order valence-corrected chi connectivity index (χ0v) is 14.6. The molecular formula is C16H19ClN2O2S. The average Bonchev–Trinajstić information content (AvgIpc) is 2.35. The number of ether oxygens (including phenoxy) is 1. The maximum absolute atomic E-state index is 12.6. The van der Waals surface area contributed by atoms with E-state index in [1.807, 2.05) is 39.0 Å². The number of esters is 1. The molecule has 0 aromatic heterocycles. The van der Waals surface area contributed by atoms with Crippen molar-refractivity contribution < 1.29 is 9.53 Å². The molecule has 1 atom stereocenters. The third-order valence-corrected chi connectivity index (χ3v) is 3.67. The van der Waals surface area contributed by atoms with Crippen LogP contribution in [0.2, 0.25) is 5.02 Å². The van der Waals surface area contributed by atoms with E-state index < -0.39 is 17.6 Å². The van der Waals surface area contributed by atoms with Crippen LogP contribution < -0.4 is 10.6 Å². The highest BCUT2D eigenvalue weighted by atomic mass is 35.5. The van der Waals surface area contributed by atoms with Crippen LogP contribution in [0.25, 0.3) is 0 Å². The van der Waals surface area contributed by atoms with Crippen molar-refractivity contribution in [3.63, 3.8) is 0 Å². The number of thiocarbonyl (C=S) groups is 1. The molecule has 2 N–H and O–H groups in total. The first-order chi connectivity index (χ1) is 10.2. The molecule has 0 aliphatic carbocycles. The van der Waals surface area contributed by atoms with Crippen molar-refractivity contribution in [2.45, 2.75) is 39.3 Å². The number of carbonyl (C=O) groups is 1. The van der Waals surface area contributed by atoms with Gasteiger partial charge >= 0.3 is 5.97 Å². The first-order valence-corrected chi connectivity index (χ1v) is 7.74. The maximum Gasteiger partial charge on any atom is 0.338 e. The fraction of sp³-hybridized carbons (Fsp3) is 0.375. The Bertz CT molecular complexity index is 650. The zero-order valence-electron chi connectivity index (χ0n) is 13.0. The highest BCUT2D eigenvalue weighted by Crippen LogP contribution is 2.32. The third-order valence-electron chi connectivity index (χ3n) is 3.10. The van der Waals surface area contributed by atoms with Crippen LogP contribution >= 0.6 is 23.8 Å². The number of hydrogen-bond donors (Lipinski definition) is 2. The molecule has 1 aromatic rings. The molecule has 0 radical (unpaired) electrons. The summed E-state index contributed by atoms with van der Waals surface area (Å²) in [6, 6.07) is 6.93. The van der Waals surface area contributed by atoms with Crippen molar-refractivity contribution in [2.75, 3.05) is 0 Å². The van der Waals surface area contributed by atoms with Crippen LogP contribution in [-0.4, -0.2) is 16.7 Å². The van der Waals surface area contributed by atoms with Crippen LogP contribution in [0, 0.1) is 0 Å². The SMILES string of the molecule is CC1=C(C(=O)OC(C)(C)C)C(c2ccccc2Cl)NC(=S)N1. The van der Waals surface area contributed by atoms with Crippen molar-refractivity contribution in [3.8, 4) is 0 Å². The minimum absolute atomic E-state index is 0.391. The molecule has 22 heavy (non-hydrogen) atoms. The summed E-state index contributed by atoms with van der Waals surface area (Å²) in [5.74, 6) is -0.391. The summed E-state index contributed by atoms with van der Waals surface area (Å²) < 4.78 is 5.51. The molecule has 1 heterocycles. The van der Waals surface area contributed by atoms with Crippen LogP contribution in [0.15, 0.2) is 35.5 Å². The molecule has 0 bridgehead atoms. The number of halogens is 1. The Morgan fingerprint density at radius 2 is 1.95 bits per heavy atom. The van der Waals surface area contributed by atoms with Gasteiger partial charge in [0.2, 0.25) is 0 Å². The van der Waals surface area contributed by atoms with E-state index >= 15 is 0 Å². The first-order valence-electron chi connectivity index (χ1n) is 6.95. The minimum Gasteiger partial charge on any atom is -0.456 e. The van der Waals surface area contributed by atoms with Gasteiger partial charge in [-0.15, -0.1) is 0 Å². The average molecular weight is 339 g/mol. The lowest BCUT2D eigenvalue weighted by atomic mass is 9.95. The van der Waals surface area contributed by atoms with E-state index in [2.05, 4.69) is 10.6 Å². The molecule has 0 amide bonds. The number of rotatable bonds is 2. The Hall–Kier alpha value is -1.59. The normalized spacial score (nSPS) is 18.6. The number of carbonyl (C=O) groups excluding carboxylic acids is 1. The van der Waals surface area contributed by atoms with Crippen LogP contribution in [0.5, 0.6) is 0 Å². The van der Waals surface area contributed by atoms with E-state index in [0.717, 1.165) is 5.56 Å². The Morgan fingerprint density at radius 1 is 1.32 bits per heavy atom. The Balaban J connectivity index is 2.46. The minimum atomic E-state index is -0.576. The van der Waals surface area contributed by atoms with Crippen molar-refractivity contribution >= 4 is 34.9 Å². The molecule has 1 unspecified atom stereocenters. The van der Waals surface area contributed by atoms with Gasteiger partial charge in [0.05, 0.1) is 11.6 Å². The predicted molar refractivity (Wildman–Crippen MR) is 91.6 cm³/mol. The first kappa shape index (κ1) is 16.8. The number of nitrogens with one attached hydrogen (secondary N) is 2. The largest absolute Gasteiger partial charge is 0.456 e. The molecule has 0 saturated carbocycles. The summed E-state index contributed by atoms with van der Waals surface area (Å²) in [5, 5.41) is 7.09. The number of benzene rings is 1. The molecule has 2 rings (SSSR count). The predicted octanol–water partition coefficient (Wildman–Crippen LogP) is 3.47. The molecule has 1 aliphatic rings. The summed E-state index contributed by atoms with van der Waals surface area (Å²) in [7, 11) is 0. The van der Waals surface area contributed by atoms with Crippen molar-refractivity contribution in [3.05, 3.63) is 46.1 Å². The van der Waals surface area contributed by atoms with Crippen molar-refractivity contribution in [2.24, 2.45) is 0 Å². The van der Waals surface area contributed by atoms with Gasteiger partial charge in [0.15, 0.2) is 5.11 Å². The highest BCUT2D eigenvalue weighted by Gasteiger charge is 2.33. The fourth-order valence-corrected chi connectivity index (χ4v) is 2.76. The summed E-state index contributed by atoms with van der Waals surface area (Å²) in [4.78, 5) is 12.6. The van der Waals surface area contributed by atoms with Gasteiger partial charge in [-0.2, -0.15) is 0 Å². The molecular weight excluding hydrogens is 320 g/mol. The lowest BCUT2D eigenvalue weighted by molar-refractivity contribution is -0.150. The maximum atomic E-state index is 12.6. The highest BCUT2D eigenvalue weighted by molar-refractivity contribution is 7.80. The van der Waals surface area contributed by atoms with E-state index in [9.17, 15) is 4.79 Å². The molecule has 6 heteroatoms. The van der Waals surface area contributed by atoms with Gasteiger partial charge in [0.1, 0.15) is 5.60 Å². The Labute approximate surface area is 140 Å². The molecule has 4 nitrogen and oxygen atoms in total. The summed E-state index contributed by atoms with van der Waals surface area (Å²) in [5.41, 5.74) is 1.36. The van der Waals surface area contributed by atoms with Crippen LogP contribution in [0.1, 0.15) is 39.3 Å². The second kappa shape index (κ2) is 6.26. The van der Waals surface area contributed by atoms with E-state index in [0.29, 0.717) is 21.4 Å². The van der Waals surface area contributed by atoms with Gasteiger partial charge in [-0.25, -0.2) is 4.79 Å². The van der Waals surface area contributed by atoms with Crippen molar-refractivity contribution in [1.29, 1.82) is 0 Å². The van der Waals surface area contributed by atoms with Crippen LogP contribution in [-0.2, 0) is 9.53 Å². The topological polar surface area (TPSA) is 50.4 Å². The molecule has 1 aliphatic heterocycles. The monoisotopic (exact) mass is 338 g/mol. The fourth-order valence-electron chi connectivity index (χ4n) is 2.24. The third kappa shape index (κ3) is 3.78. The second-order valence-corrected chi connectivity index (χ2v) is 6.91. The van der Waals surface area contributed by atoms with E-state index in [1.165, 1.54) is 0 Å². The standard InChI is InChI=1S/C16H19ClN2O2S/c1-9-12(14(20)21-16(2,3)4)13(19-15(22)18-9)10-7-5-6-8-11(10)17/h5-8,13H,1-4H3,(H2,18,19,22). The van der Waals surface area contributed by atoms with Gasteiger partial charge in [-0.3, -0.25) is 0 Å². The molecule has 118 valence electrons. The van der Waals surface area contributed by atoms with E-state index in [1.54, 1.807) is 13.0 Å². The molecule has 0 saturated heterocycles. The van der Waals surface area contributed by atoms with Gasteiger partial charge in [0.25, 0.3) is 0 Å². The number of allylic oxidation sites excluding steroid dienone is 1. The van der Waals surface area contributed by atoms with E-state index in [4.69, 9.17) is 28.6 Å². The molecule has 1 aromatic carbocycles. The van der Waals surface area contributed by atoms with Gasteiger partial charge in [-0.1, -0.05) is 29.8 Å². The molecule has 0 spiro atoms. The van der Waals surface area contributed by atoms with Crippen LogP contribution in [0.3, 0.4) is 0 Å². The summed E-state index contributed by atoms with van der Waals surface area (Å²) >= 11 is 11.5. The van der Waals surface area contributed by atoms with Crippen LogP contribution in [0.4, 0.5) is 0 Å². The lowest BCUT2D eigenvalue weighted by Gasteiger charge is -2.32. The van der Waals surface area contributed by atoms with Gasteiger partial charge < -0.3 is 15.4 Å². The summed E-state index contributed by atoms with van der Waals surface area (Å²) in [6.45, 7) is 7.30. The second-order valence-electron chi connectivity index (χ2n) is 6.09. The smallest absolute Gasteiger partial charge is 0.338 e. The number of hydrogen-bond acceptors (Lipinski definition) is 3. The lowest BCUT2D eigenvalue weighted by Crippen LogP contribution is -2.45. The Morgan fingerprint density at radius 3 is 2.55 bits per heavy atom.